The van der Waals surface area contributed by atoms with Crippen molar-refractivity contribution in [1.82, 2.24) is 14.8 Å². The molecule has 4 rings (SSSR count). The molecule has 1 N–H and O–H groups in total. The highest BCUT2D eigenvalue weighted by molar-refractivity contribution is 7.99. The van der Waals surface area contributed by atoms with Crippen LogP contribution in [0, 0.1) is 12.7 Å². The summed E-state index contributed by atoms with van der Waals surface area (Å²) in [7, 11) is 0. The molecule has 0 bridgehead atoms. The predicted octanol–water partition coefficient (Wildman–Crippen LogP) is 4.66. The molecule has 1 aromatic heterocycles. The summed E-state index contributed by atoms with van der Waals surface area (Å²) in [6.45, 7) is 1.53. The molecule has 0 unspecified atom stereocenters. The molecule has 0 aliphatic heterocycles. The smallest absolute Gasteiger partial charge is 0.316 e. The number of nitrogens with one attached hydrogen (secondary N) is 1. The molecule has 0 aliphatic rings. The van der Waals surface area contributed by atoms with Gasteiger partial charge in [-0.1, -0.05) is 42.1 Å². The summed E-state index contributed by atoms with van der Waals surface area (Å²) in [5, 5.41) is 11.6. The van der Waals surface area contributed by atoms with Gasteiger partial charge < -0.3 is 10.1 Å². The van der Waals surface area contributed by atoms with Crippen molar-refractivity contribution in [1.29, 1.82) is 0 Å². The Morgan fingerprint density at radius 1 is 1.00 bits per heavy atom. The Hall–Kier alpha value is -3.98. The van der Waals surface area contributed by atoms with Gasteiger partial charge in [0.1, 0.15) is 5.82 Å². The van der Waals surface area contributed by atoms with Crippen LogP contribution in [0.4, 0.5) is 10.1 Å². The highest BCUT2D eigenvalue weighted by atomic mass is 32.2. The van der Waals surface area contributed by atoms with Crippen LogP contribution in [0.2, 0.25) is 0 Å². The van der Waals surface area contributed by atoms with E-state index in [1.807, 2.05) is 55.5 Å². The first-order valence-corrected chi connectivity index (χ1v) is 11.4. The molecule has 1 heterocycles. The minimum Gasteiger partial charge on any atom is -0.455 e. The quantitative estimate of drug-likeness (QED) is 0.294. The molecule has 34 heavy (non-hydrogen) atoms. The monoisotopic (exact) mass is 476 g/mol. The van der Waals surface area contributed by atoms with Gasteiger partial charge in [0.15, 0.2) is 17.6 Å². The zero-order valence-corrected chi connectivity index (χ0v) is 19.1. The van der Waals surface area contributed by atoms with Crippen LogP contribution in [0.25, 0.3) is 17.1 Å². The molecule has 3 aromatic carbocycles. The van der Waals surface area contributed by atoms with Gasteiger partial charge in [-0.05, 0) is 61.0 Å². The van der Waals surface area contributed by atoms with Crippen molar-refractivity contribution in [2.45, 2.75) is 12.1 Å². The maximum atomic E-state index is 13.4. The SMILES string of the molecule is Cc1cccc(NC(=O)COC(=O)CSc2nnc(-c3ccc(F)cc3)n2-c2ccccc2)c1. The molecular weight excluding hydrogens is 455 g/mol. The first-order valence-electron chi connectivity index (χ1n) is 10.4. The first kappa shape index (κ1) is 23.2. The first-order chi connectivity index (χ1) is 16.5. The number of anilines is 1. The average molecular weight is 477 g/mol. The fourth-order valence-electron chi connectivity index (χ4n) is 3.19. The molecule has 0 saturated heterocycles. The molecule has 0 saturated carbocycles. The van der Waals surface area contributed by atoms with Crippen molar-refractivity contribution in [3.8, 4) is 17.1 Å². The normalized spacial score (nSPS) is 10.6. The van der Waals surface area contributed by atoms with Gasteiger partial charge in [-0.3, -0.25) is 14.2 Å². The predicted molar refractivity (Wildman–Crippen MR) is 128 cm³/mol. The molecule has 0 radical (unpaired) electrons. The average Bonchev–Trinajstić information content (AvgIpc) is 3.26. The number of halogens is 1. The molecule has 7 nitrogen and oxygen atoms in total. The Balaban J connectivity index is 1.42. The number of aryl methyl sites for hydroxylation is 1. The number of hydrogen-bond donors (Lipinski definition) is 1. The molecule has 9 heteroatoms. The number of nitrogens with zero attached hydrogens (tertiary/aromatic N) is 3. The van der Waals surface area contributed by atoms with Crippen molar-refractivity contribution in [2.75, 3.05) is 17.7 Å². The van der Waals surface area contributed by atoms with Crippen molar-refractivity contribution >= 4 is 29.3 Å². The molecule has 1 amide bonds. The Morgan fingerprint density at radius 2 is 1.76 bits per heavy atom. The van der Waals surface area contributed by atoms with Gasteiger partial charge in [0.25, 0.3) is 5.91 Å². The van der Waals surface area contributed by atoms with Crippen LogP contribution in [0.3, 0.4) is 0 Å². The number of ether oxygens (including phenoxy) is 1. The lowest BCUT2D eigenvalue weighted by molar-refractivity contribution is -0.144. The summed E-state index contributed by atoms with van der Waals surface area (Å²) in [6.07, 6.45) is 0. The van der Waals surface area contributed by atoms with Crippen LogP contribution in [-0.4, -0.2) is 39.0 Å². The van der Waals surface area contributed by atoms with Crippen molar-refractivity contribution in [3.05, 3.63) is 90.2 Å². The Labute approximate surface area is 200 Å². The largest absolute Gasteiger partial charge is 0.455 e. The third kappa shape index (κ3) is 5.87. The number of carbonyl (C=O) groups is 2. The van der Waals surface area contributed by atoms with Gasteiger partial charge in [-0.2, -0.15) is 0 Å². The summed E-state index contributed by atoms with van der Waals surface area (Å²) in [5.41, 5.74) is 3.12. The van der Waals surface area contributed by atoms with Gasteiger partial charge in [-0.25, -0.2) is 4.39 Å². The zero-order chi connectivity index (χ0) is 23.9. The van der Waals surface area contributed by atoms with Crippen molar-refractivity contribution in [2.24, 2.45) is 0 Å². The lowest BCUT2D eigenvalue weighted by Crippen LogP contribution is -2.21. The van der Waals surface area contributed by atoms with E-state index in [2.05, 4.69) is 15.5 Å². The van der Waals surface area contributed by atoms with E-state index in [0.717, 1.165) is 23.0 Å². The zero-order valence-electron chi connectivity index (χ0n) is 18.3. The fraction of sp³-hybridized carbons (Fsp3) is 0.120. The van der Waals surface area contributed by atoms with E-state index in [1.165, 1.54) is 12.1 Å². The molecule has 0 spiro atoms. The number of thioether (sulfide) groups is 1. The van der Waals surface area contributed by atoms with Gasteiger partial charge >= 0.3 is 5.97 Å². The van der Waals surface area contributed by atoms with Gasteiger partial charge in [-0.15, -0.1) is 10.2 Å². The Morgan fingerprint density at radius 3 is 2.50 bits per heavy atom. The number of aromatic nitrogens is 3. The number of rotatable bonds is 8. The standard InChI is InChI=1S/C25H21FN4O3S/c1-17-6-5-7-20(14-17)27-22(31)15-33-23(32)16-34-25-29-28-24(18-10-12-19(26)13-11-18)30(25)21-8-3-2-4-9-21/h2-14H,15-16H2,1H3,(H,27,31). The minimum atomic E-state index is -0.560. The van der Waals surface area contributed by atoms with Crippen molar-refractivity contribution in [3.63, 3.8) is 0 Å². The van der Waals surface area contributed by atoms with Crippen LogP contribution in [-0.2, 0) is 14.3 Å². The van der Waals surface area contributed by atoms with Crippen LogP contribution < -0.4 is 5.32 Å². The van der Waals surface area contributed by atoms with Crippen molar-refractivity contribution < 1.29 is 18.7 Å². The van der Waals surface area contributed by atoms with Crippen LogP contribution in [0.1, 0.15) is 5.56 Å². The van der Waals surface area contributed by atoms with E-state index >= 15 is 0 Å². The summed E-state index contributed by atoms with van der Waals surface area (Å²) >= 11 is 1.14. The highest BCUT2D eigenvalue weighted by Crippen LogP contribution is 2.28. The third-order valence-corrected chi connectivity index (χ3v) is 5.64. The number of para-hydroxylation sites is 1. The Kier molecular flexibility index (Phi) is 7.34. The summed E-state index contributed by atoms with van der Waals surface area (Å²) in [5.74, 6) is -0.880. The number of amides is 1. The van der Waals surface area contributed by atoms with Gasteiger partial charge in [0.05, 0.1) is 5.75 Å². The second kappa shape index (κ2) is 10.8. The third-order valence-electron chi connectivity index (χ3n) is 4.74. The lowest BCUT2D eigenvalue weighted by Gasteiger charge is -2.10. The number of benzene rings is 3. The molecule has 172 valence electrons. The Bertz CT molecular complexity index is 1290. The fourth-order valence-corrected chi connectivity index (χ4v) is 3.94. The van der Waals surface area contributed by atoms with E-state index in [-0.39, 0.29) is 18.2 Å². The second-order valence-corrected chi connectivity index (χ2v) is 8.29. The summed E-state index contributed by atoms with van der Waals surface area (Å²) in [4.78, 5) is 24.3. The van der Waals surface area contributed by atoms with Crippen LogP contribution in [0.5, 0.6) is 0 Å². The van der Waals surface area contributed by atoms with Crippen LogP contribution >= 0.6 is 11.8 Å². The minimum absolute atomic E-state index is 0.0634. The van der Waals surface area contributed by atoms with E-state index < -0.39 is 11.9 Å². The number of hydrogen-bond acceptors (Lipinski definition) is 6. The molecule has 0 fully saturated rings. The van der Waals surface area contributed by atoms with E-state index in [9.17, 15) is 14.0 Å². The molecule has 0 atom stereocenters. The number of carbonyl (C=O) groups excluding carboxylic acids is 2. The molecular formula is C25H21FN4O3S. The van der Waals surface area contributed by atoms with Gasteiger partial charge in [0, 0.05) is 16.9 Å². The summed E-state index contributed by atoms with van der Waals surface area (Å²) in [6, 6.07) is 22.7. The van der Waals surface area contributed by atoms with Gasteiger partial charge in [0.2, 0.25) is 0 Å². The molecule has 0 aliphatic carbocycles. The maximum absolute atomic E-state index is 13.4. The van der Waals surface area contributed by atoms with E-state index in [0.29, 0.717) is 22.2 Å². The lowest BCUT2D eigenvalue weighted by atomic mass is 10.2. The molecule has 4 aromatic rings. The van der Waals surface area contributed by atoms with Crippen LogP contribution in [0.15, 0.2) is 84.0 Å². The maximum Gasteiger partial charge on any atom is 0.316 e. The number of esters is 1. The van der Waals surface area contributed by atoms with E-state index in [4.69, 9.17) is 4.74 Å². The topological polar surface area (TPSA) is 86.1 Å². The van der Waals surface area contributed by atoms with E-state index in [1.54, 1.807) is 22.8 Å². The highest BCUT2D eigenvalue weighted by Gasteiger charge is 2.18. The second-order valence-electron chi connectivity index (χ2n) is 7.35. The summed E-state index contributed by atoms with van der Waals surface area (Å²) < 4.78 is 20.3.